The summed E-state index contributed by atoms with van der Waals surface area (Å²) in [6.45, 7) is 0. The maximum atomic E-state index is 6.07. The Bertz CT molecular complexity index is 1160. The van der Waals surface area contributed by atoms with Crippen LogP contribution in [-0.2, 0) is 0 Å². The Labute approximate surface area is 182 Å². The number of fused-ring (bicyclic) bond motifs is 1. The Morgan fingerprint density at radius 3 is 2.53 bits per heavy atom. The Balaban J connectivity index is 1.49. The van der Waals surface area contributed by atoms with Crippen molar-refractivity contribution in [3.8, 4) is 5.75 Å². The van der Waals surface area contributed by atoms with E-state index in [1.54, 1.807) is 7.11 Å². The summed E-state index contributed by atoms with van der Waals surface area (Å²) in [7, 11) is 1.69. The summed E-state index contributed by atoms with van der Waals surface area (Å²) in [5.41, 5.74) is 2.44. The molecular formula is C26H23ClN2O. The van der Waals surface area contributed by atoms with Crippen molar-refractivity contribution in [3.05, 3.63) is 95.6 Å². The fraction of sp³-hybridized carbons (Fsp3) is 0.192. The SMILES string of the molecule is COc1ccc(N2C(=NC3C=CC(Cl)=CC3)CC2c2ccc3ccccc3c2)cc1. The molecule has 2 aliphatic rings. The van der Waals surface area contributed by atoms with E-state index in [2.05, 4.69) is 65.6 Å². The molecule has 150 valence electrons. The summed E-state index contributed by atoms with van der Waals surface area (Å²) in [5.74, 6) is 1.97. The number of hydrogen-bond acceptors (Lipinski definition) is 2. The fourth-order valence-corrected chi connectivity index (χ4v) is 4.33. The Hall–Kier alpha value is -3.04. The van der Waals surface area contributed by atoms with Crippen LogP contribution in [0, 0.1) is 0 Å². The average Bonchev–Trinajstić information content (AvgIpc) is 2.78. The lowest BCUT2D eigenvalue weighted by molar-refractivity contribution is 0.415. The molecule has 0 bridgehead atoms. The van der Waals surface area contributed by atoms with Gasteiger partial charge in [0.1, 0.15) is 11.6 Å². The second-order valence-electron chi connectivity index (χ2n) is 7.69. The van der Waals surface area contributed by atoms with E-state index in [1.807, 2.05) is 24.3 Å². The van der Waals surface area contributed by atoms with Crippen LogP contribution in [0.4, 0.5) is 5.69 Å². The molecule has 1 saturated heterocycles. The number of rotatable bonds is 4. The lowest BCUT2D eigenvalue weighted by Gasteiger charge is -2.45. The van der Waals surface area contributed by atoms with Crippen molar-refractivity contribution in [3.63, 3.8) is 0 Å². The van der Waals surface area contributed by atoms with Crippen LogP contribution in [0.3, 0.4) is 0 Å². The number of benzene rings is 3. The maximum absolute atomic E-state index is 6.07. The molecule has 1 aliphatic carbocycles. The number of aliphatic imine (C=N–C) groups is 1. The molecule has 0 spiro atoms. The summed E-state index contributed by atoms with van der Waals surface area (Å²) in [6.07, 6.45) is 7.83. The van der Waals surface area contributed by atoms with Gasteiger partial charge in [0.15, 0.2) is 0 Å². The molecule has 3 aromatic carbocycles. The molecule has 3 aromatic rings. The van der Waals surface area contributed by atoms with Crippen LogP contribution in [-0.4, -0.2) is 19.0 Å². The number of ether oxygens (including phenoxy) is 1. The van der Waals surface area contributed by atoms with E-state index in [4.69, 9.17) is 21.3 Å². The van der Waals surface area contributed by atoms with Crippen molar-refractivity contribution in [2.45, 2.75) is 24.9 Å². The third kappa shape index (κ3) is 3.61. The Kier molecular flexibility index (Phi) is 5.06. The normalized spacial score (nSPS) is 22.1. The second-order valence-corrected chi connectivity index (χ2v) is 8.13. The smallest absolute Gasteiger partial charge is 0.119 e. The summed E-state index contributed by atoms with van der Waals surface area (Å²) >= 11 is 6.07. The highest BCUT2D eigenvalue weighted by molar-refractivity contribution is 6.31. The first-order chi connectivity index (χ1) is 14.7. The number of anilines is 1. The van der Waals surface area contributed by atoms with Gasteiger partial charge >= 0.3 is 0 Å². The lowest BCUT2D eigenvalue weighted by atomic mass is 9.90. The first kappa shape index (κ1) is 19.0. The molecule has 1 heterocycles. The van der Waals surface area contributed by atoms with Crippen molar-refractivity contribution in [1.82, 2.24) is 0 Å². The van der Waals surface area contributed by atoms with Gasteiger partial charge in [-0.15, -0.1) is 0 Å². The number of halogens is 1. The van der Waals surface area contributed by atoms with Crippen molar-refractivity contribution in [2.24, 2.45) is 4.99 Å². The van der Waals surface area contributed by atoms with E-state index in [0.29, 0.717) is 0 Å². The van der Waals surface area contributed by atoms with Gasteiger partial charge in [-0.2, -0.15) is 0 Å². The zero-order valence-corrected chi connectivity index (χ0v) is 17.6. The Morgan fingerprint density at radius 2 is 1.80 bits per heavy atom. The van der Waals surface area contributed by atoms with Gasteiger partial charge in [0.05, 0.1) is 19.2 Å². The molecule has 0 aromatic heterocycles. The molecule has 1 fully saturated rings. The maximum Gasteiger partial charge on any atom is 0.119 e. The van der Waals surface area contributed by atoms with Crippen molar-refractivity contribution < 1.29 is 4.74 Å². The van der Waals surface area contributed by atoms with Crippen LogP contribution in [0.15, 0.2) is 95.0 Å². The highest BCUT2D eigenvalue weighted by Crippen LogP contribution is 2.41. The molecule has 0 saturated carbocycles. The minimum atomic E-state index is 0.140. The van der Waals surface area contributed by atoms with Gasteiger partial charge in [-0.05, 0) is 59.2 Å². The number of hydrogen-bond donors (Lipinski definition) is 0. The number of methoxy groups -OCH3 is 1. The van der Waals surface area contributed by atoms with Crippen molar-refractivity contribution in [1.29, 1.82) is 0 Å². The molecule has 1 aliphatic heterocycles. The monoisotopic (exact) mass is 414 g/mol. The van der Waals surface area contributed by atoms with Crippen molar-refractivity contribution in [2.75, 3.05) is 12.0 Å². The number of nitrogens with zero attached hydrogens (tertiary/aromatic N) is 2. The molecule has 0 radical (unpaired) electrons. The van der Waals surface area contributed by atoms with E-state index in [9.17, 15) is 0 Å². The van der Waals surface area contributed by atoms with E-state index < -0.39 is 0 Å². The first-order valence-electron chi connectivity index (χ1n) is 10.2. The standard InChI is InChI=1S/C26H23ClN2O/c1-30-24-14-12-23(13-15-24)29-25(17-26(29)28-22-10-8-21(27)9-11-22)20-7-6-18-4-2-3-5-19(18)16-20/h2-10,12-16,22,25H,11,17H2,1H3. The number of allylic oxidation sites excluding steroid dienone is 2. The molecule has 2 unspecified atom stereocenters. The third-order valence-electron chi connectivity index (χ3n) is 5.82. The third-order valence-corrected chi connectivity index (χ3v) is 6.10. The minimum Gasteiger partial charge on any atom is -0.497 e. The summed E-state index contributed by atoms with van der Waals surface area (Å²) in [5, 5.41) is 3.33. The van der Waals surface area contributed by atoms with Crippen LogP contribution < -0.4 is 9.64 Å². The van der Waals surface area contributed by atoms with Gasteiger partial charge in [-0.25, -0.2) is 0 Å². The molecule has 3 nitrogen and oxygen atoms in total. The quantitative estimate of drug-likeness (QED) is 0.477. The largest absolute Gasteiger partial charge is 0.497 e. The predicted octanol–water partition coefficient (Wildman–Crippen LogP) is 6.65. The van der Waals surface area contributed by atoms with Gasteiger partial charge in [-0.1, -0.05) is 60.2 Å². The zero-order chi connectivity index (χ0) is 20.5. The van der Waals surface area contributed by atoms with Crippen LogP contribution in [0.5, 0.6) is 5.75 Å². The topological polar surface area (TPSA) is 24.8 Å². The average molecular weight is 415 g/mol. The molecule has 30 heavy (non-hydrogen) atoms. The molecule has 0 amide bonds. The van der Waals surface area contributed by atoms with E-state index in [-0.39, 0.29) is 12.1 Å². The summed E-state index contributed by atoms with van der Waals surface area (Å²) in [4.78, 5) is 7.38. The minimum absolute atomic E-state index is 0.140. The van der Waals surface area contributed by atoms with Gasteiger partial charge in [0.2, 0.25) is 0 Å². The summed E-state index contributed by atoms with van der Waals surface area (Å²) in [6, 6.07) is 23.9. The van der Waals surface area contributed by atoms with E-state index >= 15 is 0 Å². The predicted molar refractivity (Wildman–Crippen MR) is 126 cm³/mol. The highest BCUT2D eigenvalue weighted by atomic mass is 35.5. The zero-order valence-electron chi connectivity index (χ0n) is 16.8. The van der Waals surface area contributed by atoms with Gasteiger partial charge < -0.3 is 9.64 Å². The van der Waals surface area contributed by atoms with Crippen LogP contribution in [0.25, 0.3) is 10.8 Å². The van der Waals surface area contributed by atoms with Gasteiger partial charge in [0, 0.05) is 17.1 Å². The molecule has 5 rings (SSSR count). The van der Waals surface area contributed by atoms with Crippen LogP contribution in [0.2, 0.25) is 0 Å². The highest BCUT2D eigenvalue weighted by Gasteiger charge is 2.37. The molecule has 4 heteroatoms. The molecule has 2 atom stereocenters. The fourth-order valence-electron chi connectivity index (χ4n) is 4.17. The van der Waals surface area contributed by atoms with E-state index in [1.165, 1.54) is 16.3 Å². The first-order valence-corrected chi connectivity index (χ1v) is 10.6. The summed E-state index contributed by atoms with van der Waals surface area (Å²) < 4.78 is 5.34. The van der Waals surface area contributed by atoms with Crippen LogP contribution >= 0.6 is 11.6 Å². The van der Waals surface area contributed by atoms with Crippen LogP contribution in [0.1, 0.15) is 24.4 Å². The number of amidine groups is 1. The lowest BCUT2D eigenvalue weighted by Crippen LogP contribution is -2.47. The van der Waals surface area contributed by atoms with Gasteiger partial charge in [-0.3, -0.25) is 4.99 Å². The molecule has 0 N–H and O–H groups in total. The molecular weight excluding hydrogens is 392 g/mol. The van der Waals surface area contributed by atoms with E-state index in [0.717, 1.165) is 35.1 Å². The van der Waals surface area contributed by atoms with Crippen molar-refractivity contribution >= 4 is 33.9 Å². The van der Waals surface area contributed by atoms with Gasteiger partial charge in [0.25, 0.3) is 0 Å². The second kappa shape index (κ2) is 8.00. The Morgan fingerprint density at radius 1 is 1.00 bits per heavy atom.